The van der Waals surface area contributed by atoms with Crippen LogP contribution in [0.25, 0.3) is 0 Å². The monoisotopic (exact) mass is 231 g/mol. The molecule has 0 saturated carbocycles. The Morgan fingerprint density at radius 3 is 1.93 bits per heavy atom. The Kier molecular flexibility index (Phi) is 4.24. The summed E-state index contributed by atoms with van der Waals surface area (Å²) < 4.78 is 0. The average Bonchev–Trinajstić information content (AvgIpc) is 2.00. The minimum Gasteiger partial charge on any atom is -0.308 e. The van der Waals surface area contributed by atoms with Crippen molar-refractivity contribution < 1.29 is 0 Å². The Balaban J connectivity index is 2.84. The number of halogens is 2. The molecule has 0 saturated heterocycles. The summed E-state index contributed by atoms with van der Waals surface area (Å²) in [6.07, 6.45) is 0. The predicted octanol–water partition coefficient (Wildman–Crippen LogP) is 4.05. The molecule has 14 heavy (non-hydrogen) atoms. The molecule has 0 aliphatic carbocycles. The van der Waals surface area contributed by atoms with Crippen molar-refractivity contribution in [2.24, 2.45) is 0 Å². The van der Waals surface area contributed by atoms with E-state index in [0.29, 0.717) is 16.1 Å². The Morgan fingerprint density at radius 2 is 1.50 bits per heavy atom. The van der Waals surface area contributed by atoms with Crippen molar-refractivity contribution in [1.82, 2.24) is 5.32 Å². The maximum Gasteiger partial charge on any atom is 0.0424 e. The van der Waals surface area contributed by atoms with Crippen LogP contribution < -0.4 is 5.32 Å². The van der Waals surface area contributed by atoms with Gasteiger partial charge in [-0.3, -0.25) is 0 Å². The molecule has 1 N–H and O–H groups in total. The lowest BCUT2D eigenvalue weighted by atomic mass is 10.1. The minimum atomic E-state index is 0.270. The standard InChI is InChI=1S/C11H15Cl2N/c1-7(2)14-8(3)9-4-10(12)6-11(13)5-9/h4-8,14H,1-3H3. The van der Waals surface area contributed by atoms with E-state index in [4.69, 9.17) is 23.2 Å². The second-order valence-electron chi connectivity index (χ2n) is 3.75. The van der Waals surface area contributed by atoms with Gasteiger partial charge in [0, 0.05) is 22.1 Å². The molecule has 3 heteroatoms. The van der Waals surface area contributed by atoms with Crippen molar-refractivity contribution in [3.63, 3.8) is 0 Å². The van der Waals surface area contributed by atoms with E-state index in [-0.39, 0.29) is 6.04 Å². The number of nitrogens with one attached hydrogen (secondary N) is 1. The third-order valence-corrected chi connectivity index (χ3v) is 2.40. The summed E-state index contributed by atoms with van der Waals surface area (Å²) in [5.41, 5.74) is 1.12. The highest BCUT2D eigenvalue weighted by atomic mass is 35.5. The van der Waals surface area contributed by atoms with E-state index < -0.39 is 0 Å². The van der Waals surface area contributed by atoms with Crippen LogP contribution >= 0.6 is 23.2 Å². The molecule has 1 aromatic rings. The van der Waals surface area contributed by atoms with Gasteiger partial charge in [-0.1, -0.05) is 37.0 Å². The topological polar surface area (TPSA) is 12.0 Å². The van der Waals surface area contributed by atoms with Crippen molar-refractivity contribution in [2.75, 3.05) is 0 Å². The smallest absolute Gasteiger partial charge is 0.0424 e. The zero-order valence-corrected chi connectivity index (χ0v) is 10.2. The molecule has 0 aliphatic heterocycles. The maximum absolute atomic E-state index is 5.92. The van der Waals surface area contributed by atoms with Crippen molar-refractivity contribution >= 4 is 23.2 Å². The lowest BCUT2D eigenvalue weighted by molar-refractivity contribution is 0.506. The van der Waals surface area contributed by atoms with Crippen LogP contribution in [0.5, 0.6) is 0 Å². The summed E-state index contributed by atoms with van der Waals surface area (Å²) in [5, 5.41) is 4.77. The van der Waals surface area contributed by atoms with Gasteiger partial charge in [-0.2, -0.15) is 0 Å². The molecule has 1 atom stereocenters. The lowest BCUT2D eigenvalue weighted by Gasteiger charge is -2.17. The van der Waals surface area contributed by atoms with Crippen LogP contribution in [0.15, 0.2) is 18.2 Å². The fraction of sp³-hybridized carbons (Fsp3) is 0.455. The first-order chi connectivity index (χ1) is 6.49. The third kappa shape index (κ3) is 3.49. The first-order valence-corrected chi connectivity index (χ1v) is 5.46. The summed E-state index contributed by atoms with van der Waals surface area (Å²) in [5.74, 6) is 0. The maximum atomic E-state index is 5.92. The first-order valence-electron chi connectivity index (χ1n) is 4.71. The summed E-state index contributed by atoms with van der Waals surface area (Å²) in [4.78, 5) is 0. The van der Waals surface area contributed by atoms with Crippen LogP contribution in [0, 0.1) is 0 Å². The quantitative estimate of drug-likeness (QED) is 0.828. The summed E-state index contributed by atoms with van der Waals surface area (Å²) in [7, 11) is 0. The van der Waals surface area contributed by atoms with Crippen molar-refractivity contribution in [3.05, 3.63) is 33.8 Å². The third-order valence-electron chi connectivity index (χ3n) is 1.97. The fourth-order valence-corrected chi connectivity index (χ4v) is 1.96. The van der Waals surface area contributed by atoms with Gasteiger partial charge in [0.15, 0.2) is 0 Å². The molecule has 1 nitrogen and oxygen atoms in total. The van der Waals surface area contributed by atoms with E-state index in [9.17, 15) is 0 Å². The molecule has 78 valence electrons. The van der Waals surface area contributed by atoms with Gasteiger partial charge in [-0.25, -0.2) is 0 Å². The van der Waals surface area contributed by atoms with Crippen LogP contribution in [0.4, 0.5) is 0 Å². The van der Waals surface area contributed by atoms with E-state index in [0.717, 1.165) is 5.56 Å². The first kappa shape index (κ1) is 11.8. The molecule has 0 spiro atoms. The predicted molar refractivity (Wildman–Crippen MR) is 63.1 cm³/mol. The Hall–Kier alpha value is -0.240. The SMILES string of the molecule is CC(C)NC(C)c1cc(Cl)cc(Cl)c1. The number of rotatable bonds is 3. The molecule has 0 heterocycles. The van der Waals surface area contributed by atoms with E-state index >= 15 is 0 Å². The largest absolute Gasteiger partial charge is 0.308 e. The summed E-state index contributed by atoms with van der Waals surface area (Å²) in [6, 6.07) is 6.34. The summed E-state index contributed by atoms with van der Waals surface area (Å²) in [6.45, 7) is 6.33. The molecule has 1 unspecified atom stereocenters. The van der Waals surface area contributed by atoms with Crippen LogP contribution in [-0.2, 0) is 0 Å². The van der Waals surface area contributed by atoms with Gasteiger partial charge in [-0.15, -0.1) is 0 Å². The normalized spacial score (nSPS) is 13.3. The molecule has 0 radical (unpaired) electrons. The number of hydrogen-bond acceptors (Lipinski definition) is 1. The van der Waals surface area contributed by atoms with Gasteiger partial charge in [-0.05, 0) is 30.7 Å². The van der Waals surface area contributed by atoms with E-state index in [1.807, 2.05) is 12.1 Å². The fourth-order valence-electron chi connectivity index (χ4n) is 1.42. The molecular weight excluding hydrogens is 217 g/mol. The van der Waals surface area contributed by atoms with Crippen molar-refractivity contribution in [2.45, 2.75) is 32.9 Å². The highest BCUT2D eigenvalue weighted by Crippen LogP contribution is 2.23. The Bertz CT molecular complexity index is 290. The summed E-state index contributed by atoms with van der Waals surface area (Å²) >= 11 is 11.8. The Morgan fingerprint density at radius 1 is 1.00 bits per heavy atom. The average molecular weight is 232 g/mol. The highest BCUT2D eigenvalue weighted by Gasteiger charge is 2.07. The van der Waals surface area contributed by atoms with Gasteiger partial charge in [0.05, 0.1) is 0 Å². The molecule has 1 aromatic carbocycles. The molecule has 0 amide bonds. The number of benzene rings is 1. The van der Waals surface area contributed by atoms with Crippen molar-refractivity contribution in [1.29, 1.82) is 0 Å². The zero-order chi connectivity index (χ0) is 10.7. The second kappa shape index (κ2) is 5.01. The van der Waals surface area contributed by atoms with Crippen LogP contribution in [0.3, 0.4) is 0 Å². The van der Waals surface area contributed by atoms with Crippen LogP contribution in [0.2, 0.25) is 10.0 Å². The zero-order valence-electron chi connectivity index (χ0n) is 8.64. The van der Waals surface area contributed by atoms with Crippen LogP contribution in [-0.4, -0.2) is 6.04 Å². The molecule has 1 rings (SSSR count). The molecular formula is C11H15Cl2N. The molecule has 0 aromatic heterocycles. The van der Waals surface area contributed by atoms with Gasteiger partial charge in [0.1, 0.15) is 0 Å². The molecule has 0 bridgehead atoms. The van der Waals surface area contributed by atoms with Gasteiger partial charge in [0.2, 0.25) is 0 Å². The Labute approximate surface area is 95.4 Å². The second-order valence-corrected chi connectivity index (χ2v) is 4.62. The minimum absolute atomic E-state index is 0.270. The molecule has 0 aliphatic rings. The van der Waals surface area contributed by atoms with E-state index in [1.165, 1.54) is 0 Å². The lowest BCUT2D eigenvalue weighted by Crippen LogP contribution is -2.25. The van der Waals surface area contributed by atoms with E-state index in [2.05, 4.69) is 26.1 Å². The van der Waals surface area contributed by atoms with Gasteiger partial charge < -0.3 is 5.32 Å². The van der Waals surface area contributed by atoms with Gasteiger partial charge >= 0.3 is 0 Å². The van der Waals surface area contributed by atoms with Crippen molar-refractivity contribution in [3.8, 4) is 0 Å². The van der Waals surface area contributed by atoms with Gasteiger partial charge in [0.25, 0.3) is 0 Å². The number of hydrogen-bond donors (Lipinski definition) is 1. The van der Waals surface area contributed by atoms with E-state index in [1.54, 1.807) is 6.07 Å². The highest BCUT2D eigenvalue weighted by molar-refractivity contribution is 6.34. The van der Waals surface area contributed by atoms with Crippen LogP contribution in [0.1, 0.15) is 32.4 Å². The molecule has 0 fully saturated rings.